The summed E-state index contributed by atoms with van der Waals surface area (Å²) < 4.78 is 63.3. The fourth-order valence-corrected chi connectivity index (χ4v) is 4.83. The number of Topliss-reactive ketones (excluding diaryl/α,β-unsaturated/α-hetero) is 1. The predicted octanol–water partition coefficient (Wildman–Crippen LogP) is 6.98. The van der Waals surface area contributed by atoms with Crippen LogP contribution in [0, 0.1) is 17.7 Å². The molecule has 3 aromatic rings. The normalized spacial score (nSPS) is 13.7. The fourth-order valence-electron chi connectivity index (χ4n) is 4.83. The smallest absolute Gasteiger partial charge is 0.416 e. The molecule has 3 atom stereocenters. The molecule has 0 fully saturated rings. The number of alkyl halides is 3. The first-order chi connectivity index (χ1) is 19.4. The van der Waals surface area contributed by atoms with Crippen molar-refractivity contribution in [1.82, 2.24) is 4.98 Å². The van der Waals surface area contributed by atoms with Crippen molar-refractivity contribution in [2.75, 3.05) is 7.11 Å². The molecular weight excluding hydrogens is 542 g/mol. The molecule has 220 valence electrons. The minimum Gasteiger partial charge on any atom is -0.503 e. The lowest BCUT2D eigenvalue weighted by Crippen LogP contribution is -2.33. The number of hydrogen-bond acceptors (Lipinski definition) is 6. The summed E-state index contributed by atoms with van der Waals surface area (Å²) in [5.74, 6) is -2.22. The van der Waals surface area contributed by atoms with Crippen LogP contribution < -0.4 is 4.74 Å². The summed E-state index contributed by atoms with van der Waals surface area (Å²) in [5, 5.41) is 10.2. The Morgan fingerprint density at radius 1 is 0.951 bits per heavy atom. The molecule has 0 aliphatic heterocycles. The van der Waals surface area contributed by atoms with Gasteiger partial charge in [-0.1, -0.05) is 37.6 Å². The maximum absolute atomic E-state index is 13.5. The Kier molecular flexibility index (Phi) is 10.9. The van der Waals surface area contributed by atoms with Gasteiger partial charge in [0, 0.05) is 24.6 Å². The van der Waals surface area contributed by atoms with Crippen LogP contribution in [0.1, 0.15) is 60.3 Å². The van der Waals surface area contributed by atoms with Gasteiger partial charge in [0.1, 0.15) is 11.9 Å². The minimum absolute atomic E-state index is 0.0841. The molecule has 0 spiro atoms. The zero-order valence-electron chi connectivity index (χ0n) is 23.1. The number of pyridine rings is 1. The molecule has 0 radical (unpaired) electrons. The first-order valence-electron chi connectivity index (χ1n) is 13.3. The van der Waals surface area contributed by atoms with Gasteiger partial charge in [-0.15, -0.1) is 0 Å². The average molecular weight is 576 g/mol. The van der Waals surface area contributed by atoms with Gasteiger partial charge in [-0.3, -0.25) is 9.59 Å². The SMILES string of the molecule is CC[C@H](Cc1ccc(C(F)(F)F)cc1)[C@@H](Cc1ccc(F)cc1)[C@H](C)OC(=O)CCC(=O)c1nccc(OC)c1O. The average Bonchev–Trinajstić information content (AvgIpc) is 2.94. The maximum atomic E-state index is 13.5. The number of carbonyl (C=O) groups excluding carboxylic acids is 2. The number of rotatable bonds is 13. The lowest BCUT2D eigenvalue weighted by molar-refractivity contribution is -0.151. The van der Waals surface area contributed by atoms with Crippen LogP contribution in [0.4, 0.5) is 17.6 Å². The molecule has 0 unspecified atom stereocenters. The van der Waals surface area contributed by atoms with E-state index >= 15 is 0 Å². The molecule has 1 aromatic heterocycles. The van der Waals surface area contributed by atoms with E-state index in [1.807, 2.05) is 6.92 Å². The number of esters is 1. The highest BCUT2D eigenvalue weighted by Crippen LogP contribution is 2.33. The van der Waals surface area contributed by atoms with E-state index in [-0.39, 0.29) is 41.9 Å². The number of benzene rings is 2. The third kappa shape index (κ3) is 8.77. The lowest BCUT2D eigenvalue weighted by Gasteiger charge is -2.31. The van der Waals surface area contributed by atoms with Crippen molar-refractivity contribution in [3.05, 3.63) is 89.0 Å². The molecule has 1 heterocycles. The van der Waals surface area contributed by atoms with E-state index in [2.05, 4.69) is 4.98 Å². The Labute approximate surface area is 236 Å². The number of aromatic nitrogens is 1. The quantitative estimate of drug-likeness (QED) is 0.135. The second kappa shape index (κ2) is 14.1. The van der Waals surface area contributed by atoms with Gasteiger partial charge in [0.15, 0.2) is 23.0 Å². The van der Waals surface area contributed by atoms with E-state index in [0.717, 1.165) is 17.7 Å². The van der Waals surface area contributed by atoms with E-state index in [4.69, 9.17) is 9.47 Å². The highest BCUT2D eigenvalue weighted by atomic mass is 19.4. The van der Waals surface area contributed by atoms with Crippen LogP contribution in [0.2, 0.25) is 0 Å². The van der Waals surface area contributed by atoms with Crippen LogP contribution in [-0.4, -0.2) is 35.1 Å². The first-order valence-corrected chi connectivity index (χ1v) is 13.3. The third-order valence-electron chi connectivity index (χ3n) is 7.14. The largest absolute Gasteiger partial charge is 0.503 e. The zero-order valence-corrected chi connectivity index (χ0v) is 23.1. The molecule has 41 heavy (non-hydrogen) atoms. The third-order valence-corrected chi connectivity index (χ3v) is 7.14. The van der Waals surface area contributed by atoms with Crippen molar-refractivity contribution in [3.63, 3.8) is 0 Å². The molecule has 1 N–H and O–H groups in total. The predicted molar refractivity (Wildman–Crippen MR) is 144 cm³/mol. The Morgan fingerprint density at radius 3 is 2.15 bits per heavy atom. The van der Waals surface area contributed by atoms with Gasteiger partial charge in [-0.05, 0) is 61.1 Å². The number of ether oxygens (including phenoxy) is 2. The fraction of sp³-hybridized carbons (Fsp3) is 0.387. The molecule has 0 amide bonds. The van der Waals surface area contributed by atoms with E-state index in [1.165, 1.54) is 43.6 Å². The molecular formula is C31H33F4NO5. The van der Waals surface area contributed by atoms with Gasteiger partial charge in [-0.25, -0.2) is 9.37 Å². The second-order valence-corrected chi connectivity index (χ2v) is 9.89. The van der Waals surface area contributed by atoms with Crippen molar-refractivity contribution in [1.29, 1.82) is 0 Å². The minimum atomic E-state index is -4.43. The van der Waals surface area contributed by atoms with E-state index < -0.39 is 35.3 Å². The molecule has 0 aliphatic carbocycles. The highest BCUT2D eigenvalue weighted by molar-refractivity contribution is 5.98. The molecule has 0 bridgehead atoms. The van der Waals surface area contributed by atoms with Crippen molar-refractivity contribution < 1.29 is 41.7 Å². The topological polar surface area (TPSA) is 85.7 Å². The number of aromatic hydroxyl groups is 1. The van der Waals surface area contributed by atoms with Crippen LogP contribution in [0.5, 0.6) is 11.5 Å². The molecule has 0 aliphatic rings. The van der Waals surface area contributed by atoms with Crippen molar-refractivity contribution >= 4 is 11.8 Å². The Bertz CT molecular complexity index is 1310. The van der Waals surface area contributed by atoms with E-state index in [0.29, 0.717) is 24.8 Å². The van der Waals surface area contributed by atoms with Gasteiger partial charge >= 0.3 is 12.1 Å². The molecule has 10 heteroatoms. The highest BCUT2D eigenvalue weighted by Gasteiger charge is 2.32. The standard InChI is InChI=1S/C31H33F4NO5/c1-4-22(17-20-5-9-23(10-6-20)31(33,34)35)25(18-21-7-11-24(32)12-8-21)19(2)41-28(38)14-13-26(37)29-30(39)27(40-3)15-16-36-29/h5-12,15-16,19,22,25,39H,4,13-14,17-18H2,1-3H3/t19-,22+,25-/m0/s1. The van der Waals surface area contributed by atoms with Crippen LogP contribution in [0.25, 0.3) is 0 Å². The summed E-state index contributed by atoms with van der Waals surface area (Å²) in [5.41, 5.74) is 0.594. The number of carbonyl (C=O) groups is 2. The van der Waals surface area contributed by atoms with E-state index in [1.54, 1.807) is 19.1 Å². The Morgan fingerprint density at radius 2 is 1.56 bits per heavy atom. The Balaban J connectivity index is 1.73. The monoisotopic (exact) mass is 575 g/mol. The summed E-state index contributed by atoms with van der Waals surface area (Å²) in [6, 6.07) is 12.4. The molecule has 0 saturated heterocycles. The van der Waals surface area contributed by atoms with Crippen molar-refractivity contribution in [2.24, 2.45) is 11.8 Å². The summed E-state index contributed by atoms with van der Waals surface area (Å²) in [4.78, 5) is 29.2. The van der Waals surface area contributed by atoms with Gasteiger partial charge in [0.25, 0.3) is 0 Å². The summed E-state index contributed by atoms with van der Waals surface area (Å²) in [6.07, 6.45) is -2.70. The molecule has 2 aromatic carbocycles. The Hall–Kier alpha value is -3.95. The second-order valence-electron chi connectivity index (χ2n) is 9.89. The number of nitrogens with zero attached hydrogens (tertiary/aromatic N) is 1. The molecule has 0 saturated carbocycles. The van der Waals surface area contributed by atoms with Crippen LogP contribution in [0.15, 0.2) is 60.8 Å². The van der Waals surface area contributed by atoms with Gasteiger partial charge < -0.3 is 14.6 Å². The van der Waals surface area contributed by atoms with Gasteiger partial charge in [0.2, 0.25) is 0 Å². The summed E-state index contributed by atoms with van der Waals surface area (Å²) >= 11 is 0. The number of ketones is 1. The number of hydrogen-bond donors (Lipinski definition) is 1. The van der Waals surface area contributed by atoms with E-state index in [9.17, 15) is 32.3 Å². The van der Waals surface area contributed by atoms with Gasteiger partial charge in [-0.2, -0.15) is 13.2 Å². The van der Waals surface area contributed by atoms with Crippen LogP contribution >= 0.6 is 0 Å². The molecule has 3 rings (SSSR count). The number of methoxy groups -OCH3 is 1. The molecule has 6 nitrogen and oxygen atoms in total. The zero-order chi connectivity index (χ0) is 30.2. The summed E-state index contributed by atoms with van der Waals surface area (Å²) in [7, 11) is 1.34. The van der Waals surface area contributed by atoms with Crippen LogP contribution in [-0.2, 0) is 28.5 Å². The van der Waals surface area contributed by atoms with Crippen LogP contribution in [0.3, 0.4) is 0 Å². The lowest BCUT2D eigenvalue weighted by atomic mass is 9.78. The maximum Gasteiger partial charge on any atom is 0.416 e. The number of halogens is 4. The summed E-state index contributed by atoms with van der Waals surface area (Å²) in [6.45, 7) is 3.69. The van der Waals surface area contributed by atoms with Crippen molar-refractivity contribution in [2.45, 2.75) is 58.2 Å². The van der Waals surface area contributed by atoms with Gasteiger partial charge in [0.05, 0.1) is 19.1 Å². The van der Waals surface area contributed by atoms with Crippen molar-refractivity contribution in [3.8, 4) is 11.5 Å². The first kappa shape index (κ1) is 31.6.